The molecule has 1 N–H and O–H groups in total. The Hall–Kier alpha value is -1.53. The van der Waals surface area contributed by atoms with Crippen molar-refractivity contribution in [1.82, 2.24) is 0 Å². The molecule has 0 heterocycles. The van der Waals surface area contributed by atoms with Crippen LogP contribution in [-0.2, 0) is 0 Å². The molecule has 2 atom stereocenters. The molecule has 3 nitrogen and oxygen atoms in total. The number of rotatable bonds is 5. The monoisotopic (exact) mass is 260 g/mol. The summed E-state index contributed by atoms with van der Waals surface area (Å²) in [6.45, 7) is 8.33. The van der Waals surface area contributed by atoms with E-state index in [1.807, 2.05) is 19.2 Å². The van der Waals surface area contributed by atoms with E-state index in [4.69, 9.17) is 5.26 Å². The fourth-order valence-corrected chi connectivity index (χ4v) is 2.35. The van der Waals surface area contributed by atoms with Gasteiger partial charge in [0.2, 0.25) is 0 Å². The first kappa shape index (κ1) is 15.5. The Morgan fingerprint density at radius 3 is 2.37 bits per heavy atom. The van der Waals surface area contributed by atoms with Gasteiger partial charge in [-0.1, -0.05) is 19.9 Å². The Morgan fingerprint density at radius 2 is 1.89 bits per heavy atom. The molecule has 104 valence electrons. The number of hydrogen-bond donors (Lipinski definition) is 1. The lowest BCUT2D eigenvalue weighted by molar-refractivity contribution is 0.199. The summed E-state index contributed by atoms with van der Waals surface area (Å²) in [5, 5.41) is 18.9. The van der Waals surface area contributed by atoms with Gasteiger partial charge in [-0.3, -0.25) is 0 Å². The van der Waals surface area contributed by atoms with Gasteiger partial charge in [-0.25, -0.2) is 0 Å². The summed E-state index contributed by atoms with van der Waals surface area (Å²) in [4.78, 5) is 2.16. The predicted octanol–water partition coefficient (Wildman–Crippen LogP) is 3.48. The zero-order valence-corrected chi connectivity index (χ0v) is 12.5. The first-order valence-corrected chi connectivity index (χ1v) is 6.81. The van der Waals surface area contributed by atoms with E-state index in [9.17, 15) is 5.11 Å². The molecule has 0 radical (unpaired) electrons. The van der Waals surface area contributed by atoms with Crippen LogP contribution in [0, 0.1) is 17.2 Å². The summed E-state index contributed by atoms with van der Waals surface area (Å²) in [5.74, 6) is 0.617. The van der Waals surface area contributed by atoms with Gasteiger partial charge in [-0.05, 0) is 38.3 Å². The highest BCUT2D eigenvalue weighted by Gasteiger charge is 2.17. The van der Waals surface area contributed by atoms with Crippen LogP contribution < -0.4 is 4.90 Å². The van der Waals surface area contributed by atoms with Crippen LogP contribution in [0.5, 0.6) is 0 Å². The third-order valence-electron chi connectivity index (χ3n) is 3.46. The van der Waals surface area contributed by atoms with Crippen molar-refractivity contribution in [2.24, 2.45) is 5.92 Å². The Bertz CT molecular complexity index is 460. The molecular weight excluding hydrogens is 236 g/mol. The largest absolute Gasteiger partial charge is 0.389 e. The average Bonchev–Trinajstić information content (AvgIpc) is 2.36. The molecule has 0 saturated heterocycles. The summed E-state index contributed by atoms with van der Waals surface area (Å²) in [7, 11) is 2.02. The number of nitrogens with zero attached hydrogens (tertiary/aromatic N) is 2. The quantitative estimate of drug-likeness (QED) is 0.881. The lowest BCUT2D eigenvalue weighted by Crippen LogP contribution is -2.31. The number of hydrogen-bond acceptors (Lipinski definition) is 3. The highest BCUT2D eigenvalue weighted by Crippen LogP contribution is 2.29. The lowest BCUT2D eigenvalue weighted by Gasteiger charge is -2.31. The zero-order valence-electron chi connectivity index (χ0n) is 12.5. The van der Waals surface area contributed by atoms with Gasteiger partial charge in [0.05, 0.1) is 17.7 Å². The predicted molar refractivity (Wildman–Crippen MR) is 79.1 cm³/mol. The van der Waals surface area contributed by atoms with Gasteiger partial charge < -0.3 is 10.0 Å². The van der Waals surface area contributed by atoms with Crippen LogP contribution in [-0.4, -0.2) is 18.2 Å². The molecular formula is C16H24N2O. The van der Waals surface area contributed by atoms with E-state index in [0.29, 0.717) is 17.5 Å². The van der Waals surface area contributed by atoms with Crippen molar-refractivity contribution in [3.05, 3.63) is 29.3 Å². The molecule has 0 spiro atoms. The van der Waals surface area contributed by atoms with Crippen molar-refractivity contribution in [2.45, 2.75) is 46.3 Å². The Labute approximate surface area is 116 Å². The molecule has 1 aromatic rings. The van der Waals surface area contributed by atoms with Crippen LogP contribution in [0.1, 0.15) is 51.3 Å². The highest BCUT2D eigenvalue weighted by atomic mass is 16.3. The van der Waals surface area contributed by atoms with E-state index < -0.39 is 6.10 Å². The average molecular weight is 260 g/mol. The second-order valence-corrected chi connectivity index (χ2v) is 5.65. The van der Waals surface area contributed by atoms with Crippen molar-refractivity contribution in [3.63, 3.8) is 0 Å². The molecule has 1 aromatic carbocycles. The van der Waals surface area contributed by atoms with Gasteiger partial charge in [-0.2, -0.15) is 5.26 Å². The van der Waals surface area contributed by atoms with Crippen LogP contribution in [0.4, 0.5) is 5.69 Å². The summed E-state index contributed by atoms with van der Waals surface area (Å²) in [5.41, 5.74) is 2.45. The lowest BCUT2D eigenvalue weighted by atomic mass is 10.0. The summed E-state index contributed by atoms with van der Waals surface area (Å²) < 4.78 is 0. The van der Waals surface area contributed by atoms with E-state index in [2.05, 4.69) is 31.7 Å². The Kier molecular flexibility index (Phi) is 5.38. The van der Waals surface area contributed by atoms with Gasteiger partial charge >= 0.3 is 0 Å². The van der Waals surface area contributed by atoms with E-state index >= 15 is 0 Å². The number of nitriles is 1. The van der Waals surface area contributed by atoms with E-state index in [1.54, 1.807) is 13.0 Å². The van der Waals surface area contributed by atoms with Crippen molar-refractivity contribution in [3.8, 4) is 6.07 Å². The summed E-state index contributed by atoms with van der Waals surface area (Å²) in [6.07, 6.45) is 0.545. The number of benzene rings is 1. The van der Waals surface area contributed by atoms with Crippen LogP contribution in [0.2, 0.25) is 0 Å². The van der Waals surface area contributed by atoms with Crippen LogP contribution in [0.15, 0.2) is 18.2 Å². The molecule has 0 saturated carbocycles. The summed E-state index contributed by atoms with van der Waals surface area (Å²) in [6, 6.07) is 7.99. The number of aliphatic hydroxyl groups is 1. The zero-order chi connectivity index (χ0) is 14.6. The van der Waals surface area contributed by atoms with Gasteiger partial charge in [0.1, 0.15) is 0 Å². The standard InChI is InChI=1S/C16H24N2O/c1-11(2)8-12(3)18(5)16-9-14(10-17)6-7-15(16)13(4)19/h6-7,9,11-13,19H,8H2,1-5H3. The number of anilines is 1. The van der Waals surface area contributed by atoms with Gasteiger partial charge in [-0.15, -0.1) is 0 Å². The minimum absolute atomic E-state index is 0.367. The third kappa shape index (κ3) is 3.97. The molecule has 3 heteroatoms. The summed E-state index contributed by atoms with van der Waals surface area (Å²) >= 11 is 0. The molecule has 1 rings (SSSR count). The van der Waals surface area contributed by atoms with Gasteiger partial charge in [0.15, 0.2) is 0 Å². The van der Waals surface area contributed by atoms with E-state index in [-0.39, 0.29) is 0 Å². The SMILES string of the molecule is CC(C)CC(C)N(C)c1cc(C#N)ccc1C(C)O. The normalized spacial score (nSPS) is 14.0. The van der Waals surface area contributed by atoms with Gasteiger partial charge in [0.25, 0.3) is 0 Å². The van der Waals surface area contributed by atoms with Crippen LogP contribution >= 0.6 is 0 Å². The highest BCUT2D eigenvalue weighted by molar-refractivity contribution is 5.58. The molecule has 0 aliphatic heterocycles. The Balaban J connectivity index is 3.12. The smallest absolute Gasteiger partial charge is 0.0992 e. The van der Waals surface area contributed by atoms with Crippen molar-refractivity contribution in [1.29, 1.82) is 5.26 Å². The maximum Gasteiger partial charge on any atom is 0.0992 e. The Morgan fingerprint density at radius 1 is 1.26 bits per heavy atom. The second-order valence-electron chi connectivity index (χ2n) is 5.65. The van der Waals surface area contributed by atoms with Gasteiger partial charge in [0, 0.05) is 24.3 Å². The molecule has 0 aromatic heterocycles. The van der Waals surface area contributed by atoms with Crippen molar-refractivity contribution < 1.29 is 5.11 Å². The number of aliphatic hydroxyl groups excluding tert-OH is 1. The molecule has 0 fully saturated rings. The van der Waals surface area contributed by atoms with Crippen molar-refractivity contribution in [2.75, 3.05) is 11.9 Å². The molecule has 2 unspecified atom stereocenters. The minimum atomic E-state index is -0.531. The second kappa shape index (κ2) is 6.58. The van der Waals surface area contributed by atoms with Crippen LogP contribution in [0.3, 0.4) is 0 Å². The third-order valence-corrected chi connectivity index (χ3v) is 3.46. The molecule has 0 aliphatic carbocycles. The van der Waals surface area contributed by atoms with Crippen molar-refractivity contribution >= 4 is 5.69 Å². The molecule has 0 bridgehead atoms. The van der Waals surface area contributed by atoms with Crippen LogP contribution in [0.25, 0.3) is 0 Å². The maximum atomic E-state index is 9.87. The maximum absolute atomic E-state index is 9.87. The van der Waals surface area contributed by atoms with E-state index in [1.165, 1.54) is 0 Å². The minimum Gasteiger partial charge on any atom is -0.389 e. The molecule has 19 heavy (non-hydrogen) atoms. The molecule has 0 amide bonds. The van der Waals surface area contributed by atoms with E-state index in [0.717, 1.165) is 17.7 Å². The first-order chi connectivity index (χ1) is 8.86. The fourth-order valence-electron chi connectivity index (χ4n) is 2.35. The first-order valence-electron chi connectivity index (χ1n) is 6.81. The fraction of sp³-hybridized carbons (Fsp3) is 0.562. The topological polar surface area (TPSA) is 47.3 Å². The molecule has 0 aliphatic rings.